The van der Waals surface area contributed by atoms with E-state index in [9.17, 15) is 24.7 Å². The van der Waals surface area contributed by atoms with Gasteiger partial charge >= 0.3 is 7.82 Å². The summed E-state index contributed by atoms with van der Waals surface area (Å²) >= 11 is 0. The summed E-state index contributed by atoms with van der Waals surface area (Å²) in [6.07, 6.45) is -5.80. The van der Waals surface area contributed by atoms with Crippen LogP contribution in [0.5, 0.6) is 0 Å². The van der Waals surface area contributed by atoms with E-state index >= 15 is 0 Å². The van der Waals surface area contributed by atoms with Gasteiger partial charge in [0.25, 0.3) is 0 Å². The molecule has 12 heteroatoms. The summed E-state index contributed by atoms with van der Waals surface area (Å²) in [5, 5.41) is 31.7. The molecule has 0 radical (unpaired) electrons. The van der Waals surface area contributed by atoms with Crippen molar-refractivity contribution in [2.24, 2.45) is 5.92 Å². The summed E-state index contributed by atoms with van der Waals surface area (Å²) in [5.41, 5.74) is 0. The smallest absolute Gasteiger partial charge is 0.394 e. The number of carbonyl (C=O) groups is 1. The first kappa shape index (κ1) is 22.4. The molecule has 1 heterocycles. The minimum absolute atomic E-state index is 0.294. The number of aliphatic hydroxyl groups is 3. The van der Waals surface area contributed by atoms with Crippen LogP contribution in [-0.4, -0.2) is 81.0 Å². The Labute approximate surface area is 145 Å². The van der Waals surface area contributed by atoms with Crippen molar-refractivity contribution in [1.82, 2.24) is 5.32 Å². The quantitative estimate of drug-likeness (QED) is 0.258. The molecule has 148 valence electrons. The van der Waals surface area contributed by atoms with E-state index in [-0.39, 0.29) is 6.61 Å². The predicted octanol–water partition coefficient (Wildman–Crippen LogP) is -1.92. The molecule has 0 bridgehead atoms. The van der Waals surface area contributed by atoms with E-state index in [1.165, 1.54) is 6.92 Å². The zero-order valence-corrected chi connectivity index (χ0v) is 15.1. The number of rotatable bonds is 8. The van der Waals surface area contributed by atoms with E-state index in [0.717, 1.165) is 0 Å². The van der Waals surface area contributed by atoms with E-state index in [0.29, 0.717) is 0 Å². The van der Waals surface area contributed by atoms with E-state index < -0.39 is 63.0 Å². The minimum atomic E-state index is -4.62. The Morgan fingerprint density at radius 2 is 1.88 bits per heavy atom. The van der Waals surface area contributed by atoms with Crippen molar-refractivity contribution in [2.75, 3.05) is 13.2 Å². The van der Waals surface area contributed by atoms with Gasteiger partial charge in [-0.05, 0) is 6.92 Å². The SMILES string of the molecule is CC(=O)N[C@H]1C(O)[C@@H](O)C(CO)O[C@H]1OC(C)C(C)COP(=O)(O)O. The highest BCUT2D eigenvalue weighted by atomic mass is 31.2. The number of hydrogen-bond acceptors (Lipinski definition) is 8. The van der Waals surface area contributed by atoms with E-state index in [1.807, 2.05) is 0 Å². The molecule has 0 aromatic carbocycles. The average Bonchev–Trinajstić information content (AvgIpc) is 2.50. The third-order valence-corrected chi connectivity index (χ3v) is 4.39. The zero-order chi connectivity index (χ0) is 19.4. The van der Waals surface area contributed by atoms with Crippen LogP contribution in [-0.2, 0) is 23.4 Å². The van der Waals surface area contributed by atoms with Gasteiger partial charge in [-0.1, -0.05) is 6.92 Å². The number of phosphoric ester groups is 1. The highest BCUT2D eigenvalue weighted by Crippen LogP contribution is 2.36. The van der Waals surface area contributed by atoms with Crippen molar-refractivity contribution in [3.05, 3.63) is 0 Å². The van der Waals surface area contributed by atoms with Crippen LogP contribution in [0.3, 0.4) is 0 Å². The molecule has 0 aromatic heterocycles. The van der Waals surface area contributed by atoms with Crippen LogP contribution in [0.15, 0.2) is 0 Å². The lowest BCUT2D eigenvalue weighted by atomic mass is 9.96. The molecule has 1 saturated heterocycles. The second kappa shape index (κ2) is 9.36. The van der Waals surface area contributed by atoms with Crippen LogP contribution in [0.4, 0.5) is 0 Å². The molecule has 0 saturated carbocycles. The first-order valence-corrected chi connectivity index (χ1v) is 9.24. The monoisotopic (exact) mass is 387 g/mol. The third kappa shape index (κ3) is 6.89. The number of nitrogens with one attached hydrogen (secondary N) is 1. The first-order chi connectivity index (χ1) is 11.5. The molecule has 1 rings (SSSR count). The second-order valence-electron chi connectivity index (χ2n) is 6.04. The van der Waals surface area contributed by atoms with Crippen LogP contribution in [0.2, 0.25) is 0 Å². The summed E-state index contributed by atoms with van der Waals surface area (Å²) in [4.78, 5) is 28.8. The molecule has 6 N–H and O–H groups in total. The van der Waals surface area contributed by atoms with Crippen LogP contribution < -0.4 is 5.32 Å². The second-order valence-corrected chi connectivity index (χ2v) is 7.28. The molecule has 1 fully saturated rings. The minimum Gasteiger partial charge on any atom is -0.394 e. The van der Waals surface area contributed by atoms with Crippen molar-refractivity contribution < 1.29 is 48.5 Å². The van der Waals surface area contributed by atoms with Crippen molar-refractivity contribution in [3.8, 4) is 0 Å². The van der Waals surface area contributed by atoms with E-state index in [2.05, 4.69) is 9.84 Å². The maximum atomic E-state index is 11.3. The Bertz CT molecular complexity index is 485. The number of carbonyl (C=O) groups excluding carboxylic acids is 1. The van der Waals surface area contributed by atoms with Gasteiger partial charge in [0, 0.05) is 12.8 Å². The molecule has 1 aliphatic rings. The van der Waals surface area contributed by atoms with Crippen LogP contribution >= 0.6 is 7.82 Å². The number of amides is 1. The molecule has 25 heavy (non-hydrogen) atoms. The molecule has 1 aliphatic heterocycles. The highest BCUT2D eigenvalue weighted by molar-refractivity contribution is 7.46. The van der Waals surface area contributed by atoms with Gasteiger partial charge in [-0.3, -0.25) is 9.32 Å². The topological polar surface area (TPSA) is 175 Å². The zero-order valence-electron chi connectivity index (χ0n) is 14.2. The van der Waals surface area contributed by atoms with Crippen molar-refractivity contribution in [1.29, 1.82) is 0 Å². The summed E-state index contributed by atoms with van der Waals surface area (Å²) in [7, 11) is -4.62. The molecular formula is C13H26NO10P. The summed E-state index contributed by atoms with van der Waals surface area (Å²) in [6.45, 7) is 3.56. The van der Waals surface area contributed by atoms with Crippen LogP contribution in [0.1, 0.15) is 20.8 Å². The summed E-state index contributed by atoms with van der Waals surface area (Å²) in [5.74, 6) is -0.952. The molecule has 7 atom stereocenters. The Morgan fingerprint density at radius 1 is 1.28 bits per heavy atom. The van der Waals surface area contributed by atoms with Crippen molar-refractivity contribution in [3.63, 3.8) is 0 Å². The fraction of sp³-hybridized carbons (Fsp3) is 0.923. The first-order valence-electron chi connectivity index (χ1n) is 7.71. The summed E-state index contributed by atoms with van der Waals surface area (Å²) < 4.78 is 26.2. The number of aliphatic hydroxyl groups excluding tert-OH is 3. The molecular weight excluding hydrogens is 361 g/mol. The number of hydrogen-bond donors (Lipinski definition) is 6. The van der Waals surface area contributed by atoms with Gasteiger partial charge in [-0.15, -0.1) is 0 Å². The Balaban J connectivity index is 2.78. The van der Waals surface area contributed by atoms with Gasteiger partial charge < -0.3 is 39.9 Å². The summed E-state index contributed by atoms with van der Waals surface area (Å²) in [6, 6.07) is -1.09. The molecule has 11 nitrogen and oxygen atoms in total. The van der Waals surface area contributed by atoms with Gasteiger partial charge in [0.15, 0.2) is 6.29 Å². The fourth-order valence-corrected chi connectivity index (χ4v) is 2.71. The number of phosphoric acid groups is 1. The average molecular weight is 387 g/mol. The van der Waals surface area contributed by atoms with Crippen LogP contribution in [0, 0.1) is 5.92 Å². The largest absolute Gasteiger partial charge is 0.469 e. The molecule has 4 unspecified atom stereocenters. The van der Waals surface area contributed by atoms with Gasteiger partial charge in [-0.2, -0.15) is 0 Å². The molecule has 0 aromatic rings. The third-order valence-electron chi connectivity index (χ3n) is 3.91. The van der Waals surface area contributed by atoms with Crippen molar-refractivity contribution in [2.45, 2.75) is 57.5 Å². The van der Waals surface area contributed by atoms with E-state index in [1.54, 1.807) is 13.8 Å². The Morgan fingerprint density at radius 3 is 2.36 bits per heavy atom. The Kier molecular flexibility index (Phi) is 8.39. The lowest BCUT2D eigenvalue weighted by molar-refractivity contribution is -0.284. The van der Waals surface area contributed by atoms with Gasteiger partial charge in [0.05, 0.1) is 19.3 Å². The van der Waals surface area contributed by atoms with Gasteiger partial charge in [0.2, 0.25) is 5.91 Å². The molecule has 0 aliphatic carbocycles. The fourth-order valence-electron chi connectivity index (χ4n) is 2.28. The van der Waals surface area contributed by atoms with Gasteiger partial charge in [0.1, 0.15) is 24.4 Å². The normalized spacial score (nSPS) is 32.9. The standard InChI is InChI=1S/C13H26NO10P/c1-6(5-22-25(19,20)21)7(2)23-13-10(14-8(3)16)12(18)11(17)9(4-15)24-13/h6-7,9-13,15,17-18H,4-5H2,1-3H3,(H,14,16)(H2,19,20,21)/t6?,7?,9?,10-,11-,12?,13+/m0/s1. The van der Waals surface area contributed by atoms with Crippen molar-refractivity contribution >= 4 is 13.7 Å². The Hall–Kier alpha value is -0.620. The molecule has 1 amide bonds. The number of ether oxygens (including phenoxy) is 2. The lowest BCUT2D eigenvalue weighted by Gasteiger charge is -2.43. The molecule has 0 spiro atoms. The van der Waals surface area contributed by atoms with Gasteiger partial charge in [-0.25, -0.2) is 4.57 Å². The maximum Gasteiger partial charge on any atom is 0.469 e. The lowest BCUT2D eigenvalue weighted by Crippen LogP contribution is -2.65. The predicted molar refractivity (Wildman–Crippen MR) is 83.1 cm³/mol. The highest BCUT2D eigenvalue weighted by Gasteiger charge is 2.46. The van der Waals surface area contributed by atoms with E-state index in [4.69, 9.17) is 19.3 Å². The van der Waals surface area contributed by atoms with Crippen LogP contribution in [0.25, 0.3) is 0 Å². The maximum absolute atomic E-state index is 11.3.